The lowest BCUT2D eigenvalue weighted by Crippen LogP contribution is -2.41. The molecular formula is C12H24N2S. The maximum Gasteiger partial charge on any atom is 0.0215 e. The highest BCUT2D eigenvalue weighted by atomic mass is 32.2. The van der Waals surface area contributed by atoms with Crippen molar-refractivity contribution in [2.75, 3.05) is 31.9 Å². The summed E-state index contributed by atoms with van der Waals surface area (Å²) in [4.78, 5) is 2.75. The molecule has 0 aromatic heterocycles. The van der Waals surface area contributed by atoms with Crippen LogP contribution in [0.5, 0.6) is 0 Å². The quantitative estimate of drug-likeness (QED) is 0.795. The van der Waals surface area contributed by atoms with Crippen molar-refractivity contribution in [1.29, 1.82) is 0 Å². The molecule has 2 nitrogen and oxygen atoms in total. The average Bonchev–Trinajstić information content (AvgIpc) is 2.53. The van der Waals surface area contributed by atoms with Crippen LogP contribution in [0.15, 0.2) is 0 Å². The van der Waals surface area contributed by atoms with Crippen molar-refractivity contribution in [2.45, 2.75) is 43.9 Å². The highest BCUT2D eigenvalue weighted by Crippen LogP contribution is 2.33. The van der Waals surface area contributed by atoms with Crippen molar-refractivity contribution in [3.05, 3.63) is 0 Å². The summed E-state index contributed by atoms with van der Waals surface area (Å²) in [5.74, 6) is 1.28. The fourth-order valence-corrected chi connectivity index (χ4v) is 4.22. The summed E-state index contributed by atoms with van der Waals surface area (Å²) in [7, 11) is 0. The van der Waals surface area contributed by atoms with Crippen molar-refractivity contribution in [3.8, 4) is 0 Å². The fourth-order valence-electron chi connectivity index (χ4n) is 2.93. The number of thioether (sulfide) groups is 1. The van der Waals surface area contributed by atoms with Crippen LogP contribution >= 0.6 is 11.8 Å². The van der Waals surface area contributed by atoms with E-state index in [4.69, 9.17) is 0 Å². The molecule has 15 heavy (non-hydrogen) atoms. The van der Waals surface area contributed by atoms with Crippen LogP contribution < -0.4 is 5.32 Å². The smallest absolute Gasteiger partial charge is 0.0215 e. The predicted octanol–water partition coefficient (Wildman–Crippen LogP) is 1.96. The van der Waals surface area contributed by atoms with E-state index in [9.17, 15) is 0 Å². The van der Waals surface area contributed by atoms with E-state index >= 15 is 0 Å². The van der Waals surface area contributed by atoms with Gasteiger partial charge < -0.3 is 5.32 Å². The largest absolute Gasteiger partial charge is 0.315 e. The van der Waals surface area contributed by atoms with Gasteiger partial charge in [0.1, 0.15) is 0 Å². The van der Waals surface area contributed by atoms with Crippen LogP contribution in [0.2, 0.25) is 0 Å². The molecule has 0 spiro atoms. The standard InChI is InChI=1S/C12H24N2S/c1-2-15-12-6-3-5-11(12)14-9-4-7-13-8-10-14/h11-13H,2-10H2,1H3. The summed E-state index contributed by atoms with van der Waals surface area (Å²) < 4.78 is 0. The van der Waals surface area contributed by atoms with Crippen LogP contribution in [0.1, 0.15) is 32.6 Å². The second kappa shape index (κ2) is 6.12. The second-order valence-electron chi connectivity index (χ2n) is 4.63. The van der Waals surface area contributed by atoms with Gasteiger partial charge in [-0.3, -0.25) is 4.90 Å². The highest BCUT2D eigenvalue weighted by Gasteiger charge is 2.31. The molecule has 0 amide bonds. The van der Waals surface area contributed by atoms with E-state index in [0.717, 1.165) is 11.3 Å². The Morgan fingerprint density at radius 1 is 1.20 bits per heavy atom. The third-order valence-electron chi connectivity index (χ3n) is 3.64. The Morgan fingerprint density at radius 2 is 2.13 bits per heavy atom. The Labute approximate surface area is 98.2 Å². The van der Waals surface area contributed by atoms with Crippen LogP contribution in [-0.4, -0.2) is 48.1 Å². The van der Waals surface area contributed by atoms with E-state index in [2.05, 4.69) is 28.9 Å². The first-order chi connectivity index (χ1) is 7.42. The molecule has 0 radical (unpaired) electrons. The third kappa shape index (κ3) is 3.11. The molecule has 3 heteroatoms. The maximum atomic E-state index is 3.50. The first kappa shape index (κ1) is 11.7. The summed E-state index contributed by atoms with van der Waals surface area (Å²) in [6.07, 6.45) is 5.68. The van der Waals surface area contributed by atoms with Gasteiger partial charge in [0.2, 0.25) is 0 Å². The van der Waals surface area contributed by atoms with Gasteiger partial charge in [-0.25, -0.2) is 0 Å². The van der Waals surface area contributed by atoms with E-state index < -0.39 is 0 Å². The van der Waals surface area contributed by atoms with Gasteiger partial charge in [0, 0.05) is 24.4 Å². The first-order valence-corrected chi connectivity index (χ1v) is 7.53. The number of hydrogen-bond acceptors (Lipinski definition) is 3. The van der Waals surface area contributed by atoms with E-state index in [1.54, 1.807) is 0 Å². The first-order valence-electron chi connectivity index (χ1n) is 6.48. The number of nitrogens with one attached hydrogen (secondary N) is 1. The van der Waals surface area contributed by atoms with Gasteiger partial charge in [0.25, 0.3) is 0 Å². The van der Waals surface area contributed by atoms with Crippen LogP contribution in [0.4, 0.5) is 0 Å². The minimum Gasteiger partial charge on any atom is -0.315 e. The van der Waals surface area contributed by atoms with Crippen LogP contribution in [0, 0.1) is 0 Å². The monoisotopic (exact) mass is 228 g/mol. The van der Waals surface area contributed by atoms with Crippen molar-refractivity contribution in [2.24, 2.45) is 0 Å². The molecule has 2 fully saturated rings. The maximum absolute atomic E-state index is 3.50. The Bertz CT molecular complexity index is 178. The molecule has 1 N–H and O–H groups in total. The Hall–Kier alpha value is 0.270. The third-order valence-corrected chi connectivity index (χ3v) is 4.95. The van der Waals surface area contributed by atoms with Crippen molar-refractivity contribution in [1.82, 2.24) is 10.2 Å². The van der Waals surface area contributed by atoms with Gasteiger partial charge in [-0.1, -0.05) is 13.3 Å². The number of rotatable bonds is 3. The Balaban J connectivity index is 1.89. The molecule has 88 valence electrons. The summed E-state index contributed by atoms with van der Waals surface area (Å²) >= 11 is 2.19. The fraction of sp³-hybridized carbons (Fsp3) is 1.00. The molecule has 2 atom stereocenters. The Kier molecular flexibility index (Phi) is 4.79. The molecule has 0 bridgehead atoms. The zero-order valence-corrected chi connectivity index (χ0v) is 10.7. The van der Waals surface area contributed by atoms with Crippen molar-refractivity contribution < 1.29 is 0 Å². The van der Waals surface area contributed by atoms with Gasteiger partial charge in [-0.05, 0) is 38.1 Å². The van der Waals surface area contributed by atoms with E-state index in [1.165, 1.54) is 57.6 Å². The summed E-state index contributed by atoms with van der Waals surface area (Å²) in [6, 6.07) is 0.884. The lowest BCUT2D eigenvalue weighted by atomic mass is 10.2. The minimum atomic E-state index is 0.884. The second-order valence-corrected chi connectivity index (χ2v) is 6.15. The van der Waals surface area contributed by atoms with Gasteiger partial charge in [-0.2, -0.15) is 11.8 Å². The van der Waals surface area contributed by atoms with Gasteiger partial charge in [0.05, 0.1) is 0 Å². The minimum absolute atomic E-state index is 0.884. The molecule has 0 aromatic carbocycles. The van der Waals surface area contributed by atoms with E-state index in [0.29, 0.717) is 0 Å². The molecule has 1 saturated carbocycles. The van der Waals surface area contributed by atoms with Gasteiger partial charge in [0.15, 0.2) is 0 Å². The van der Waals surface area contributed by atoms with Crippen molar-refractivity contribution in [3.63, 3.8) is 0 Å². The topological polar surface area (TPSA) is 15.3 Å². The van der Waals surface area contributed by atoms with Gasteiger partial charge in [-0.15, -0.1) is 0 Å². The Morgan fingerprint density at radius 3 is 3.00 bits per heavy atom. The lowest BCUT2D eigenvalue weighted by molar-refractivity contribution is 0.216. The molecule has 2 rings (SSSR count). The molecule has 2 aliphatic rings. The molecule has 1 saturated heterocycles. The zero-order chi connectivity index (χ0) is 10.5. The molecule has 0 aromatic rings. The normalized spacial score (nSPS) is 34.2. The molecule has 1 heterocycles. The number of nitrogens with zero attached hydrogens (tertiary/aromatic N) is 1. The molecular weight excluding hydrogens is 204 g/mol. The average molecular weight is 228 g/mol. The van der Waals surface area contributed by atoms with E-state index in [1.807, 2.05) is 0 Å². The highest BCUT2D eigenvalue weighted by molar-refractivity contribution is 7.99. The van der Waals surface area contributed by atoms with Gasteiger partial charge >= 0.3 is 0 Å². The van der Waals surface area contributed by atoms with Crippen LogP contribution in [0.25, 0.3) is 0 Å². The zero-order valence-electron chi connectivity index (χ0n) is 9.87. The van der Waals surface area contributed by atoms with Crippen LogP contribution in [0.3, 0.4) is 0 Å². The van der Waals surface area contributed by atoms with E-state index in [-0.39, 0.29) is 0 Å². The predicted molar refractivity (Wildman–Crippen MR) is 68.6 cm³/mol. The summed E-state index contributed by atoms with van der Waals surface area (Å²) in [5.41, 5.74) is 0. The molecule has 1 aliphatic carbocycles. The van der Waals surface area contributed by atoms with Crippen LogP contribution in [-0.2, 0) is 0 Å². The lowest BCUT2D eigenvalue weighted by Gasteiger charge is -2.31. The summed E-state index contributed by atoms with van der Waals surface area (Å²) in [5, 5.41) is 4.42. The van der Waals surface area contributed by atoms with Crippen molar-refractivity contribution >= 4 is 11.8 Å². The SMILES string of the molecule is CCSC1CCCC1N1CCCNCC1. The number of hydrogen-bond donors (Lipinski definition) is 1. The molecule has 1 aliphatic heterocycles. The summed E-state index contributed by atoms with van der Waals surface area (Å²) in [6.45, 7) is 7.29. The molecule has 2 unspecified atom stereocenters.